The van der Waals surface area contributed by atoms with Crippen molar-refractivity contribution in [2.75, 3.05) is 5.75 Å². The van der Waals surface area contributed by atoms with Crippen molar-refractivity contribution in [3.05, 3.63) is 29.6 Å². The van der Waals surface area contributed by atoms with Gasteiger partial charge in [0.2, 0.25) is 5.91 Å². The lowest BCUT2D eigenvalue weighted by Gasteiger charge is -2.12. The largest absolute Gasteiger partial charge is 0.418 e. The van der Waals surface area contributed by atoms with Crippen molar-refractivity contribution in [1.29, 1.82) is 0 Å². The summed E-state index contributed by atoms with van der Waals surface area (Å²) in [4.78, 5) is 14.6. The Labute approximate surface area is 102 Å². The van der Waals surface area contributed by atoms with Crippen LogP contribution in [0.5, 0.6) is 0 Å². The van der Waals surface area contributed by atoms with Gasteiger partial charge in [-0.1, -0.05) is 0 Å². The van der Waals surface area contributed by atoms with Crippen LogP contribution < -0.4 is 5.32 Å². The Hall–Kier alpha value is -1.24. The number of aromatic nitrogens is 1. The summed E-state index contributed by atoms with van der Waals surface area (Å²) in [7, 11) is 0. The van der Waals surface area contributed by atoms with Gasteiger partial charge in [0, 0.05) is 25.4 Å². The van der Waals surface area contributed by atoms with Crippen molar-refractivity contribution in [2.24, 2.45) is 0 Å². The van der Waals surface area contributed by atoms with E-state index in [0.29, 0.717) is 5.75 Å². The summed E-state index contributed by atoms with van der Waals surface area (Å²) in [5, 5.41) is 2.40. The molecule has 0 saturated heterocycles. The lowest BCUT2D eigenvalue weighted by molar-refractivity contribution is -0.138. The molecule has 94 valence electrons. The van der Waals surface area contributed by atoms with E-state index in [9.17, 15) is 18.0 Å². The summed E-state index contributed by atoms with van der Waals surface area (Å²) in [6, 6.07) is 1.24. The van der Waals surface area contributed by atoms with E-state index in [0.717, 1.165) is 6.20 Å². The fourth-order valence-electron chi connectivity index (χ4n) is 1.22. The number of pyridine rings is 1. The molecule has 17 heavy (non-hydrogen) atoms. The standard InChI is InChI=1S/C10H11F3N2OS/c11-10(12,13)8-6-14-3-1-7(8)5-15-9(16)2-4-17/h1,3,6,17H,2,4-5H2,(H,15,16). The first-order valence-electron chi connectivity index (χ1n) is 4.83. The molecule has 0 bridgehead atoms. The van der Waals surface area contributed by atoms with Gasteiger partial charge in [0.1, 0.15) is 0 Å². The molecule has 0 fully saturated rings. The summed E-state index contributed by atoms with van der Waals surface area (Å²) in [6.45, 7) is -0.163. The molecule has 1 rings (SSSR count). The van der Waals surface area contributed by atoms with E-state index in [-0.39, 0.29) is 24.4 Å². The Kier molecular flexibility index (Phi) is 4.80. The highest BCUT2D eigenvalue weighted by atomic mass is 32.1. The SMILES string of the molecule is O=C(CCS)NCc1ccncc1C(F)(F)F. The minimum Gasteiger partial charge on any atom is -0.352 e. The molecule has 0 aliphatic rings. The van der Waals surface area contributed by atoms with E-state index in [1.54, 1.807) is 0 Å². The quantitative estimate of drug-likeness (QED) is 0.817. The molecule has 0 atom stereocenters. The van der Waals surface area contributed by atoms with Crippen LogP contribution in [0, 0.1) is 0 Å². The Balaban J connectivity index is 2.74. The summed E-state index contributed by atoms with van der Waals surface area (Å²) >= 11 is 3.86. The molecular formula is C10H11F3N2OS. The summed E-state index contributed by atoms with van der Waals surface area (Å²) in [5.74, 6) is 0.0267. The smallest absolute Gasteiger partial charge is 0.352 e. The number of rotatable bonds is 4. The Bertz CT molecular complexity index is 395. The molecular weight excluding hydrogens is 253 g/mol. The molecule has 1 amide bonds. The highest BCUT2D eigenvalue weighted by Crippen LogP contribution is 2.31. The Morgan fingerprint density at radius 2 is 2.18 bits per heavy atom. The van der Waals surface area contributed by atoms with Gasteiger partial charge in [-0.05, 0) is 17.4 Å². The molecule has 0 saturated carbocycles. The molecule has 0 aliphatic carbocycles. The molecule has 0 aromatic carbocycles. The van der Waals surface area contributed by atoms with Gasteiger partial charge >= 0.3 is 6.18 Å². The second-order valence-electron chi connectivity index (χ2n) is 3.28. The number of hydrogen-bond donors (Lipinski definition) is 2. The maximum atomic E-state index is 12.6. The van der Waals surface area contributed by atoms with Crippen LogP contribution in [0.25, 0.3) is 0 Å². The molecule has 1 N–H and O–H groups in total. The van der Waals surface area contributed by atoms with Crippen LogP contribution in [-0.4, -0.2) is 16.6 Å². The van der Waals surface area contributed by atoms with Gasteiger partial charge in [-0.25, -0.2) is 0 Å². The summed E-state index contributed by atoms with van der Waals surface area (Å²) in [5.41, 5.74) is -0.828. The molecule has 0 spiro atoms. The van der Waals surface area contributed by atoms with Crippen molar-refractivity contribution in [3.63, 3.8) is 0 Å². The number of carbonyl (C=O) groups excluding carboxylic acids is 1. The van der Waals surface area contributed by atoms with Crippen LogP contribution in [0.15, 0.2) is 18.5 Å². The van der Waals surface area contributed by atoms with Gasteiger partial charge in [0.25, 0.3) is 0 Å². The predicted octanol–water partition coefficient (Wildman–Crippen LogP) is 2.04. The third-order valence-electron chi connectivity index (χ3n) is 2.03. The fraction of sp³-hybridized carbons (Fsp3) is 0.400. The second-order valence-corrected chi connectivity index (χ2v) is 3.73. The number of thiol groups is 1. The van der Waals surface area contributed by atoms with Crippen LogP contribution in [0.4, 0.5) is 13.2 Å². The van der Waals surface area contributed by atoms with E-state index in [1.165, 1.54) is 12.3 Å². The number of nitrogens with zero attached hydrogens (tertiary/aromatic N) is 1. The first kappa shape index (κ1) is 13.8. The van der Waals surface area contributed by atoms with E-state index in [4.69, 9.17) is 0 Å². The number of hydrogen-bond acceptors (Lipinski definition) is 3. The van der Waals surface area contributed by atoms with Gasteiger partial charge in [-0.2, -0.15) is 25.8 Å². The maximum absolute atomic E-state index is 12.6. The first-order chi connectivity index (χ1) is 7.95. The zero-order valence-corrected chi connectivity index (χ0v) is 9.68. The third-order valence-corrected chi connectivity index (χ3v) is 2.26. The number of carbonyl (C=O) groups is 1. The van der Waals surface area contributed by atoms with E-state index < -0.39 is 11.7 Å². The normalized spacial score (nSPS) is 11.3. The molecule has 1 heterocycles. The molecule has 1 aromatic rings. The summed E-state index contributed by atoms with van der Waals surface area (Å²) < 4.78 is 37.7. The van der Waals surface area contributed by atoms with E-state index >= 15 is 0 Å². The fourth-order valence-corrected chi connectivity index (χ4v) is 1.42. The van der Waals surface area contributed by atoms with Crippen LogP contribution in [-0.2, 0) is 17.5 Å². The number of alkyl halides is 3. The zero-order chi connectivity index (χ0) is 12.9. The number of nitrogens with one attached hydrogen (secondary N) is 1. The van der Waals surface area contributed by atoms with Crippen molar-refractivity contribution < 1.29 is 18.0 Å². The van der Waals surface area contributed by atoms with E-state index in [2.05, 4.69) is 22.9 Å². The van der Waals surface area contributed by atoms with Crippen molar-refractivity contribution in [3.8, 4) is 0 Å². The van der Waals surface area contributed by atoms with Crippen molar-refractivity contribution in [2.45, 2.75) is 19.1 Å². The van der Waals surface area contributed by atoms with Gasteiger partial charge in [-0.15, -0.1) is 0 Å². The maximum Gasteiger partial charge on any atom is 0.418 e. The number of halogens is 3. The van der Waals surface area contributed by atoms with Crippen molar-refractivity contribution >= 4 is 18.5 Å². The highest BCUT2D eigenvalue weighted by molar-refractivity contribution is 7.80. The molecule has 7 heteroatoms. The average Bonchev–Trinajstić information content (AvgIpc) is 2.26. The first-order valence-corrected chi connectivity index (χ1v) is 5.46. The van der Waals surface area contributed by atoms with Gasteiger partial charge < -0.3 is 5.32 Å². The van der Waals surface area contributed by atoms with E-state index in [1.807, 2.05) is 0 Å². The average molecular weight is 264 g/mol. The zero-order valence-electron chi connectivity index (χ0n) is 8.79. The second kappa shape index (κ2) is 5.90. The van der Waals surface area contributed by atoms with Crippen molar-refractivity contribution in [1.82, 2.24) is 10.3 Å². The van der Waals surface area contributed by atoms with Gasteiger partial charge in [-0.3, -0.25) is 9.78 Å². The Morgan fingerprint density at radius 1 is 1.47 bits per heavy atom. The lowest BCUT2D eigenvalue weighted by atomic mass is 10.1. The summed E-state index contributed by atoms with van der Waals surface area (Å²) in [6.07, 6.45) is -2.27. The topological polar surface area (TPSA) is 42.0 Å². The van der Waals surface area contributed by atoms with Crippen LogP contribution in [0.1, 0.15) is 17.5 Å². The monoisotopic (exact) mass is 264 g/mol. The highest BCUT2D eigenvalue weighted by Gasteiger charge is 2.33. The minimum absolute atomic E-state index is 0.0000132. The van der Waals surface area contributed by atoms with Gasteiger partial charge in [0.15, 0.2) is 0 Å². The third kappa shape index (κ3) is 4.26. The molecule has 0 radical (unpaired) electrons. The van der Waals surface area contributed by atoms with Crippen LogP contribution >= 0.6 is 12.6 Å². The Morgan fingerprint density at radius 3 is 2.76 bits per heavy atom. The molecule has 0 unspecified atom stereocenters. The molecule has 3 nitrogen and oxygen atoms in total. The lowest BCUT2D eigenvalue weighted by Crippen LogP contribution is -2.24. The van der Waals surface area contributed by atoms with Crippen LogP contribution in [0.2, 0.25) is 0 Å². The predicted molar refractivity (Wildman–Crippen MR) is 59.6 cm³/mol. The molecule has 0 aliphatic heterocycles. The van der Waals surface area contributed by atoms with Gasteiger partial charge in [0.05, 0.1) is 5.56 Å². The van der Waals surface area contributed by atoms with Crippen LogP contribution in [0.3, 0.4) is 0 Å². The minimum atomic E-state index is -4.46. The number of amides is 1. The molecule has 1 aromatic heterocycles.